The zero-order valence-corrected chi connectivity index (χ0v) is 12.4. The van der Waals surface area contributed by atoms with Gasteiger partial charge in [-0.15, -0.1) is 0 Å². The second-order valence-electron chi connectivity index (χ2n) is 5.10. The van der Waals surface area contributed by atoms with Crippen molar-refractivity contribution in [3.05, 3.63) is 54.2 Å². The van der Waals surface area contributed by atoms with Crippen LogP contribution in [0.3, 0.4) is 0 Å². The zero-order valence-electron chi connectivity index (χ0n) is 12.4. The molecule has 112 valence electrons. The van der Waals surface area contributed by atoms with Gasteiger partial charge in [0, 0.05) is 12.4 Å². The quantitative estimate of drug-likeness (QED) is 0.799. The van der Waals surface area contributed by atoms with Crippen LogP contribution in [0.25, 0.3) is 11.0 Å². The van der Waals surface area contributed by atoms with Gasteiger partial charge in [-0.05, 0) is 19.1 Å². The van der Waals surface area contributed by atoms with Crippen molar-refractivity contribution < 1.29 is 9.21 Å². The molecule has 0 aliphatic carbocycles. The summed E-state index contributed by atoms with van der Waals surface area (Å²) >= 11 is 0. The van der Waals surface area contributed by atoms with E-state index in [4.69, 9.17) is 10.2 Å². The molecule has 0 radical (unpaired) electrons. The van der Waals surface area contributed by atoms with Gasteiger partial charge in [0.15, 0.2) is 0 Å². The molecule has 3 aromatic rings. The molecule has 1 atom stereocenters. The lowest BCUT2D eigenvalue weighted by Gasteiger charge is -2.24. The van der Waals surface area contributed by atoms with Crippen molar-refractivity contribution in [2.75, 3.05) is 11.9 Å². The summed E-state index contributed by atoms with van der Waals surface area (Å²) in [4.78, 5) is 21.3. The van der Waals surface area contributed by atoms with Gasteiger partial charge in [-0.3, -0.25) is 9.78 Å². The minimum Gasteiger partial charge on any atom is -0.459 e. The molecule has 1 aromatic carbocycles. The number of hydrogen-bond donors (Lipinski definition) is 1. The molecule has 0 aliphatic heterocycles. The van der Waals surface area contributed by atoms with Crippen LogP contribution in [0.15, 0.2) is 47.1 Å². The Bertz CT molecular complexity index is 795. The average Bonchev–Trinajstić information content (AvgIpc) is 2.97. The third-order valence-electron chi connectivity index (χ3n) is 3.67. The summed E-state index contributed by atoms with van der Waals surface area (Å²) in [5.41, 5.74) is 6.22. The highest BCUT2D eigenvalue weighted by atomic mass is 16.3. The van der Waals surface area contributed by atoms with Crippen LogP contribution < -0.4 is 10.6 Å². The van der Waals surface area contributed by atoms with Gasteiger partial charge in [-0.1, -0.05) is 18.2 Å². The number of nitrogens with two attached hydrogens (primary N) is 1. The fraction of sp³-hybridized carbons (Fsp3) is 0.188. The van der Waals surface area contributed by atoms with Crippen molar-refractivity contribution in [3.8, 4) is 0 Å². The van der Waals surface area contributed by atoms with Crippen LogP contribution in [0.1, 0.15) is 29.2 Å². The van der Waals surface area contributed by atoms with Gasteiger partial charge in [0.25, 0.3) is 5.91 Å². The second kappa shape index (κ2) is 5.48. The Morgan fingerprint density at radius 2 is 2.09 bits per heavy atom. The SMILES string of the molecule is CC(c1cc2ccccc2o1)N(C)c1cncc(C(N)=O)n1. The van der Waals surface area contributed by atoms with Gasteiger partial charge < -0.3 is 15.1 Å². The van der Waals surface area contributed by atoms with E-state index < -0.39 is 5.91 Å². The van der Waals surface area contributed by atoms with Crippen molar-refractivity contribution in [2.45, 2.75) is 13.0 Å². The van der Waals surface area contributed by atoms with Gasteiger partial charge in [0.1, 0.15) is 22.9 Å². The highest BCUT2D eigenvalue weighted by molar-refractivity contribution is 5.90. The third-order valence-corrected chi connectivity index (χ3v) is 3.67. The second-order valence-corrected chi connectivity index (χ2v) is 5.10. The number of nitrogens with zero attached hydrogens (tertiary/aromatic N) is 3. The number of furan rings is 1. The molecule has 0 bridgehead atoms. The maximum atomic E-state index is 11.2. The molecule has 0 aliphatic rings. The molecule has 22 heavy (non-hydrogen) atoms. The molecule has 6 heteroatoms. The van der Waals surface area contributed by atoms with Crippen LogP contribution in [-0.2, 0) is 0 Å². The summed E-state index contributed by atoms with van der Waals surface area (Å²) in [6.07, 6.45) is 2.94. The molecule has 2 N–H and O–H groups in total. The summed E-state index contributed by atoms with van der Waals surface area (Å²) in [7, 11) is 1.87. The van der Waals surface area contributed by atoms with Crippen molar-refractivity contribution in [3.63, 3.8) is 0 Å². The lowest BCUT2D eigenvalue weighted by Crippen LogP contribution is -2.24. The maximum Gasteiger partial charge on any atom is 0.268 e. The molecule has 1 amide bonds. The number of primary amides is 1. The summed E-state index contributed by atoms with van der Waals surface area (Å²) in [5, 5.41) is 1.05. The van der Waals surface area contributed by atoms with Gasteiger partial charge >= 0.3 is 0 Å². The summed E-state index contributed by atoms with van der Waals surface area (Å²) in [5.74, 6) is 0.776. The fourth-order valence-electron chi connectivity index (χ4n) is 2.24. The standard InChI is InChI=1S/C16H16N4O2/c1-10(14-7-11-5-3-4-6-13(11)22-14)20(2)15-9-18-8-12(19-15)16(17)21/h3-10H,1-2H3,(H2,17,21). The number of amides is 1. The van der Waals surface area contributed by atoms with Crippen molar-refractivity contribution in [1.29, 1.82) is 0 Å². The number of aromatic nitrogens is 2. The molecule has 0 saturated carbocycles. The smallest absolute Gasteiger partial charge is 0.268 e. The molecule has 3 rings (SSSR count). The van der Waals surface area contributed by atoms with E-state index >= 15 is 0 Å². The number of benzene rings is 1. The highest BCUT2D eigenvalue weighted by Crippen LogP contribution is 2.28. The van der Waals surface area contributed by atoms with Crippen LogP contribution in [0.5, 0.6) is 0 Å². The summed E-state index contributed by atoms with van der Waals surface area (Å²) in [6.45, 7) is 2.00. The normalized spacial score (nSPS) is 12.3. The average molecular weight is 296 g/mol. The molecular weight excluding hydrogens is 280 g/mol. The number of fused-ring (bicyclic) bond motifs is 1. The lowest BCUT2D eigenvalue weighted by atomic mass is 10.2. The Labute approximate surface area is 127 Å². The van der Waals surface area contributed by atoms with E-state index in [1.54, 1.807) is 6.20 Å². The molecule has 1 unspecified atom stereocenters. The third kappa shape index (κ3) is 2.50. The van der Waals surface area contributed by atoms with Gasteiger partial charge in [0.05, 0.1) is 18.4 Å². The molecule has 6 nitrogen and oxygen atoms in total. The Morgan fingerprint density at radius 3 is 2.82 bits per heavy atom. The molecule has 0 fully saturated rings. The number of para-hydroxylation sites is 1. The largest absolute Gasteiger partial charge is 0.459 e. The van der Waals surface area contributed by atoms with Gasteiger partial charge in [-0.2, -0.15) is 0 Å². The highest BCUT2D eigenvalue weighted by Gasteiger charge is 2.18. The first-order valence-electron chi connectivity index (χ1n) is 6.89. The first-order chi connectivity index (χ1) is 10.6. The van der Waals surface area contributed by atoms with E-state index in [-0.39, 0.29) is 11.7 Å². The molecular formula is C16H16N4O2. The van der Waals surface area contributed by atoms with Crippen LogP contribution in [-0.4, -0.2) is 22.9 Å². The minimum absolute atomic E-state index is 0.0650. The van der Waals surface area contributed by atoms with Crippen molar-refractivity contribution >= 4 is 22.7 Å². The van der Waals surface area contributed by atoms with Gasteiger partial charge in [0.2, 0.25) is 0 Å². The summed E-state index contributed by atoms with van der Waals surface area (Å²) < 4.78 is 5.87. The van der Waals surface area contributed by atoms with E-state index in [0.717, 1.165) is 16.7 Å². The Kier molecular flexibility index (Phi) is 3.50. The topological polar surface area (TPSA) is 85.3 Å². The molecule has 0 saturated heterocycles. The van der Waals surface area contributed by atoms with E-state index in [9.17, 15) is 4.79 Å². The predicted molar refractivity (Wildman–Crippen MR) is 83.6 cm³/mol. The van der Waals surface area contributed by atoms with Gasteiger partial charge in [-0.25, -0.2) is 4.98 Å². The van der Waals surface area contributed by atoms with Crippen molar-refractivity contribution in [2.24, 2.45) is 5.73 Å². The van der Waals surface area contributed by atoms with Crippen molar-refractivity contribution in [1.82, 2.24) is 9.97 Å². The Morgan fingerprint density at radius 1 is 1.32 bits per heavy atom. The number of hydrogen-bond acceptors (Lipinski definition) is 5. The first-order valence-corrected chi connectivity index (χ1v) is 6.89. The molecule has 2 aromatic heterocycles. The Hall–Kier alpha value is -2.89. The van der Waals surface area contributed by atoms with Crippen LogP contribution in [0.4, 0.5) is 5.82 Å². The minimum atomic E-state index is -0.598. The number of carbonyl (C=O) groups is 1. The Balaban J connectivity index is 1.92. The maximum absolute atomic E-state index is 11.2. The van der Waals surface area contributed by atoms with E-state index in [1.807, 2.05) is 49.2 Å². The number of carbonyl (C=O) groups excluding carboxylic acids is 1. The van der Waals surface area contributed by atoms with E-state index in [2.05, 4.69) is 9.97 Å². The first kappa shape index (κ1) is 14.1. The van der Waals surface area contributed by atoms with Crippen LogP contribution in [0.2, 0.25) is 0 Å². The monoisotopic (exact) mass is 296 g/mol. The molecule has 2 heterocycles. The molecule has 0 spiro atoms. The zero-order chi connectivity index (χ0) is 15.7. The number of rotatable bonds is 4. The fourth-order valence-corrected chi connectivity index (χ4v) is 2.24. The van der Waals surface area contributed by atoms with E-state index in [1.165, 1.54) is 6.20 Å². The number of anilines is 1. The predicted octanol–water partition coefficient (Wildman–Crippen LogP) is 2.52. The van der Waals surface area contributed by atoms with Crippen LogP contribution in [0, 0.1) is 0 Å². The van der Waals surface area contributed by atoms with E-state index in [0.29, 0.717) is 5.82 Å². The van der Waals surface area contributed by atoms with Crippen LogP contribution >= 0.6 is 0 Å². The lowest BCUT2D eigenvalue weighted by molar-refractivity contribution is 0.0995. The summed E-state index contributed by atoms with van der Waals surface area (Å²) in [6, 6.07) is 9.78.